The van der Waals surface area contributed by atoms with Crippen LogP contribution in [0.5, 0.6) is 17.2 Å². The van der Waals surface area contributed by atoms with E-state index in [0.717, 1.165) is 0 Å². The molecule has 21 heavy (non-hydrogen) atoms. The molecule has 0 heterocycles. The fraction of sp³-hybridized carbons (Fsp3) is 0.250. The Hall–Kier alpha value is -2.43. The molecular formula is C16H18FNO3. The van der Waals surface area contributed by atoms with Gasteiger partial charge in [-0.3, -0.25) is 0 Å². The van der Waals surface area contributed by atoms with Crippen molar-refractivity contribution in [2.24, 2.45) is 0 Å². The highest BCUT2D eigenvalue weighted by Gasteiger charge is 2.12. The lowest BCUT2D eigenvalue weighted by atomic mass is 10.1. The van der Waals surface area contributed by atoms with Crippen LogP contribution in [0, 0.1) is 5.82 Å². The van der Waals surface area contributed by atoms with E-state index in [4.69, 9.17) is 4.74 Å². The van der Waals surface area contributed by atoms with Gasteiger partial charge in [0.1, 0.15) is 23.1 Å². The summed E-state index contributed by atoms with van der Waals surface area (Å²) in [6.07, 6.45) is 0. The number of nitrogens with one attached hydrogen (secondary N) is 1. The number of anilines is 1. The van der Waals surface area contributed by atoms with Gasteiger partial charge in [0, 0.05) is 18.2 Å². The predicted molar refractivity (Wildman–Crippen MR) is 79.4 cm³/mol. The molecule has 4 nitrogen and oxygen atoms in total. The summed E-state index contributed by atoms with van der Waals surface area (Å²) in [6, 6.07) is 8.44. The molecule has 1 unspecified atom stereocenters. The van der Waals surface area contributed by atoms with Crippen LogP contribution in [-0.2, 0) is 0 Å². The average molecular weight is 291 g/mol. The Labute approximate surface area is 122 Å². The third-order valence-corrected chi connectivity index (χ3v) is 3.04. The van der Waals surface area contributed by atoms with E-state index in [1.807, 2.05) is 13.8 Å². The topological polar surface area (TPSA) is 61.7 Å². The van der Waals surface area contributed by atoms with Crippen LogP contribution in [0.25, 0.3) is 0 Å². The molecule has 0 aliphatic carbocycles. The Morgan fingerprint density at radius 1 is 1.14 bits per heavy atom. The number of halogens is 1. The molecule has 0 fully saturated rings. The van der Waals surface area contributed by atoms with E-state index in [0.29, 0.717) is 23.6 Å². The third-order valence-electron chi connectivity index (χ3n) is 3.04. The Morgan fingerprint density at radius 3 is 2.43 bits per heavy atom. The number of phenolic OH excluding ortho intramolecular Hbond substituents is 2. The van der Waals surface area contributed by atoms with Crippen molar-refractivity contribution in [3.63, 3.8) is 0 Å². The Balaban J connectivity index is 2.24. The number of benzene rings is 2. The number of ether oxygens (including phenoxy) is 1. The molecule has 0 aromatic heterocycles. The van der Waals surface area contributed by atoms with Crippen LogP contribution in [0.1, 0.15) is 25.5 Å². The van der Waals surface area contributed by atoms with Gasteiger partial charge in [0.05, 0.1) is 12.3 Å². The Kier molecular flexibility index (Phi) is 4.52. The summed E-state index contributed by atoms with van der Waals surface area (Å²) in [5.41, 5.74) is 1.35. The van der Waals surface area contributed by atoms with Crippen molar-refractivity contribution < 1.29 is 19.3 Å². The summed E-state index contributed by atoms with van der Waals surface area (Å²) >= 11 is 0. The van der Waals surface area contributed by atoms with Gasteiger partial charge in [0.25, 0.3) is 0 Å². The second-order valence-corrected chi connectivity index (χ2v) is 4.72. The van der Waals surface area contributed by atoms with Crippen molar-refractivity contribution in [1.82, 2.24) is 0 Å². The summed E-state index contributed by atoms with van der Waals surface area (Å²) in [7, 11) is 0. The highest BCUT2D eigenvalue weighted by atomic mass is 19.1. The van der Waals surface area contributed by atoms with Crippen LogP contribution in [0.4, 0.5) is 10.1 Å². The second kappa shape index (κ2) is 6.35. The molecule has 0 aliphatic heterocycles. The summed E-state index contributed by atoms with van der Waals surface area (Å²) in [6.45, 7) is 4.12. The Morgan fingerprint density at radius 2 is 1.81 bits per heavy atom. The first-order valence-corrected chi connectivity index (χ1v) is 6.71. The molecule has 0 saturated heterocycles. The van der Waals surface area contributed by atoms with Gasteiger partial charge in [0.15, 0.2) is 0 Å². The lowest BCUT2D eigenvalue weighted by Gasteiger charge is -2.19. The van der Waals surface area contributed by atoms with Gasteiger partial charge in [0.2, 0.25) is 0 Å². The van der Waals surface area contributed by atoms with Crippen LogP contribution >= 0.6 is 0 Å². The van der Waals surface area contributed by atoms with Gasteiger partial charge in [-0.2, -0.15) is 0 Å². The third kappa shape index (κ3) is 3.78. The number of aromatic hydroxyl groups is 2. The van der Waals surface area contributed by atoms with Crippen LogP contribution in [0.15, 0.2) is 36.4 Å². The molecule has 3 N–H and O–H groups in total. The predicted octanol–water partition coefficient (Wildman–Crippen LogP) is 3.81. The maximum absolute atomic E-state index is 13.3. The van der Waals surface area contributed by atoms with Crippen molar-refractivity contribution in [1.29, 1.82) is 0 Å². The number of hydrogen-bond acceptors (Lipinski definition) is 4. The van der Waals surface area contributed by atoms with Crippen LogP contribution in [0.3, 0.4) is 0 Å². The summed E-state index contributed by atoms with van der Waals surface area (Å²) in [5, 5.41) is 22.2. The minimum Gasteiger partial charge on any atom is -0.508 e. The molecule has 1 atom stereocenters. The highest BCUT2D eigenvalue weighted by Crippen LogP contribution is 2.31. The minimum absolute atomic E-state index is 0.0113. The fourth-order valence-electron chi connectivity index (χ4n) is 2.07. The molecule has 112 valence electrons. The standard InChI is InChI=1S/C16H18FNO3/c1-3-21-16-8-12(17)4-5-15(16)18-10(2)11-6-13(19)9-14(20)7-11/h4-10,18-20H,3H2,1-2H3. The monoisotopic (exact) mass is 291 g/mol. The summed E-state index contributed by atoms with van der Waals surface area (Å²) < 4.78 is 18.7. The van der Waals surface area contributed by atoms with Gasteiger partial charge in [-0.1, -0.05) is 0 Å². The first-order valence-electron chi connectivity index (χ1n) is 6.71. The van der Waals surface area contributed by atoms with E-state index in [-0.39, 0.29) is 23.4 Å². The van der Waals surface area contributed by atoms with Gasteiger partial charge in [-0.05, 0) is 43.7 Å². The zero-order valence-corrected chi connectivity index (χ0v) is 11.9. The average Bonchev–Trinajstić information content (AvgIpc) is 2.41. The molecule has 0 aliphatic rings. The van der Waals surface area contributed by atoms with Gasteiger partial charge >= 0.3 is 0 Å². The molecular weight excluding hydrogens is 273 g/mol. The van der Waals surface area contributed by atoms with E-state index in [2.05, 4.69) is 5.32 Å². The van der Waals surface area contributed by atoms with Crippen LogP contribution < -0.4 is 10.1 Å². The number of phenols is 2. The molecule has 0 saturated carbocycles. The largest absolute Gasteiger partial charge is 0.508 e. The highest BCUT2D eigenvalue weighted by molar-refractivity contribution is 5.58. The molecule has 0 spiro atoms. The van der Waals surface area contributed by atoms with Crippen molar-refractivity contribution in [3.8, 4) is 17.2 Å². The van der Waals surface area contributed by atoms with E-state index >= 15 is 0 Å². The van der Waals surface area contributed by atoms with E-state index in [9.17, 15) is 14.6 Å². The molecule has 2 rings (SSSR count). The van der Waals surface area contributed by atoms with Gasteiger partial charge < -0.3 is 20.3 Å². The quantitative estimate of drug-likeness (QED) is 0.784. The molecule has 5 heteroatoms. The molecule has 0 amide bonds. The smallest absolute Gasteiger partial charge is 0.145 e. The van der Waals surface area contributed by atoms with E-state index < -0.39 is 0 Å². The molecule has 2 aromatic carbocycles. The van der Waals surface area contributed by atoms with Crippen molar-refractivity contribution in [2.75, 3.05) is 11.9 Å². The minimum atomic E-state index is -0.369. The number of hydrogen-bond donors (Lipinski definition) is 3. The van der Waals surface area contributed by atoms with E-state index in [1.54, 1.807) is 18.2 Å². The lowest BCUT2D eigenvalue weighted by Crippen LogP contribution is -2.08. The second-order valence-electron chi connectivity index (χ2n) is 4.72. The van der Waals surface area contributed by atoms with Crippen molar-refractivity contribution in [3.05, 3.63) is 47.8 Å². The zero-order valence-electron chi connectivity index (χ0n) is 11.9. The normalized spacial score (nSPS) is 12.0. The Bertz CT molecular complexity index is 611. The van der Waals surface area contributed by atoms with Crippen molar-refractivity contribution in [2.45, 2.75) is 19.9 Å². The van der Waals surface area contributed by atoms with Gasteiger partial charge in [-0.25, -0.2) is 4.39 Å². The maximum atomic E-state index is 13.3. The van der Waals surface area contributed by atoms with Crippen LogP contribution in [0.2, 0.25) is 0 Å². The SMILES string of the molecule is CCOc1cc(F)ccc1NC(C)c1cc(O)cc(O)c1. The number of rotatable bonds is 5. The summed E-state index contributed by atoms with van der Waals surface area (Å²) in [5.74, 6) is 0.0333. The fourth-order valence-corrected chi connectivity index (χ4v) is 2.07. The van der Waals surface area contributed by atoms with Crippen LogP contribution in [-0.4, -0.2) is 16.8 Å². The maximum Gasteiger partial charge on any atom is 0.145 e. The van der Waals surface area contributed by atoms with Crippen molar-refractivity contribution >= 4 is 5.69 Å². The first-order chi connectivity index (χ1) is 9.99. The molecule has 2 aromatic rings. The van der Waals surface area contributed by atoms with Gasteiger partial charge in [-0.15, -0.1) is 0 Å². The van der Waals surface area contributed by atoms with E-state index in [1.165, 1.54) is 18.2 Å². The lowest BCUT2D eigenvalue weighted by molar-refractivity contribution is 0.339. The molecule has 0 radical (unpaired) electrons. The zero-order chi connectivity index (χ0) is 15.4. The first kappa shape index (κ1) is 15.0. The molecule has 0 bridgehead atoms. The summed E-state index contributed by atoms with van der Waals surface area (Å²) in [4.78, 5) is 0.